The predicted molar refractivity (Wildman–Crippen MR) is 234 cm³/mol. The highest BCUT2D eigenvalue weighted by molar-refractivity contribution is 6.13. The average molecular weight is 746 g/mol. The molecule has 11 rings (SSSR count). The van der Waals surface area contributed by atoms with Crippen molar-refractivity contribution in [2.75, 3.05) is 0 Å². The monoisotopic (exact) mass is 745 g/mol. The molecule has 1 N–H and O–H groups in total. The SMILES string of the molecule is N#Cc1ccc(-c2ccc3c(c2)C2(C4=CC=CCC4Oc4ccc(-c5ccc(C6N=C(C7=CC=CCC7)C=C(c7ccccc7)N6)cc5)cc42)c2ccccc2-3)cc1. The van der Waals surface area contributed by atoms with Gasteiger partial charge in [0, 0.05) is 17.7 Å². The number of nitrogens with zero attached hydrogens (tertiary/aromatic N) is 2. The minimum Gasteiger partial charge on any atom is -0.485 e. The fourth-order valence-electron chi connectivity index (χ4n) is 9.62. The zero-order valence-corrected chi connectivity index (χ0v) is 31.9. The van der Waals surface area contributed by atoms with E-state index in [0.29, 0.717) is 5.56 Å². The Hall–Kier alpha value is -7.22. The summed E-state index contributed by atoms with van der Waals surface area (Å²) in [5.41, 5.74) is 17.7. The van der Waals surface area contributed by atoms with E-state index >= 15 is 0 Å². The minimum absolute atomic E-state index is 0.0798. The van der Waals surface area contributed by atoms with Crippen molar-refractivity contribution >= 4 is 11.4 Å². The van der Waals surface area contributed by atoms with Gasteiger partial charge in [-0.1, -0.05) is 146 Å². The number of ether oxygens (including phenoxy) is 1. The van der Waals surface area contributed by atoms with Crippen LogP contribution in [0.15, 0.2) is 198 Å². The van der Waals surface area contributed by atoms with Crippen LogP contribution in [-0.2, 0) is 5.41 Å². The van der Waals surface area contributed by atoms with E-state index in [4.69, 9.17) is 9.73 Å². The Kier molecular flexibility index (Phi) is 8.08. The fraction of sp³-hybridized carbons (Fsp3) is 0.111. The lowest BCUT2D eigenvalue weighted by Gasteiger charge is -2.45. The van der Waals surface area contributed by atoms with Crippen LogP contribution < -0.4 is 10.1 Å². The van der Waals surface area contributed by atoms with Gasteiger partial charge in [0.05, 0.1) is 22.8 Å². The van der Waals surface area contributed by atoms with E-state index in [1.807, 2.05) is 12.1 Å². The number of aliphatic imine (C=N–C) groups is 1. The second-order valence-electron chi connectivity index (χ2n) is 15.6. The van der Waals surface area contributed by atoms with Crippen LogP contribution in [0.3, 0.4) is 0 Å². The number of allylic oxidation sites excluding steroid dienone is 7. The van der Waals surface area contributed by atoms with Crippen molar-refractivity contribution < 1.29 is 4.74 Å². The van der Waals surface area contributed by atoms with E-state index < -0.39 is 5.41 Å². The predicted octanol–water partition coefficient (Wildman–Crippen LogP) is 12.2. The second-order valence-corrected chi connectivity index (χ2v) is 15.6. The van der Waals surface area contributed by atoms with E-state index in [9.17, 15) is 5.26 Å². The molecule has 3 unspecified atom stereocenters. The van der Waals surface area contributed by atoms with Gasteiger partial charge < -0.3 is 10.1 Å². The van der Waals surface area contributed by atoms with Crippen LogP contribution in [0.4, 0.5) is 0 Å². The van der Waals surface area contributed by atoms with E-state index in [0.717, 1.165) is 75.4 Å². The van der Waals surface area contributed by atoms with Gasteiger partial charge in [0.1, 0.15) is 18.0 Å². The van der Waals surface area contributed by atoms with E-state index in [1.54, 1.807) is 0 Å². The summed E-state index contributed by atoms with van der Waals surface area (Å²) in [6, 6.07) is 52.2. The molecule has 0 saturated carbocycles. The van der Waals surface area contributed by atoms with Crippen LogP contribution in [0.25, 0.3) is 39.1 Å². The molecule has 6 aromatic carbocycles. The third kappa shape index (κ3) is 5.46. The Bertz CT molecular complexity index is 2870. The van der Waals surface area contributed by atoms with Crippen molar-refractivity contribution in [2.24, 2.45) is 4.99 Å². The van der Waals surface area contributed by atoms with Gasteiger partial charge >= 0.3 is 0 Å². The van der Waals surface area contributed by atoms with Crippen LogP contribution in [0.5, 0.6) is 5.75 Å². The molecule has 4 heteroatoms. The number of fused-ring (bicyclic) bond motifs is 9. The number of nitrogens with one attached hydrogen (secondary N) is 1. The van der Waals surface area contributed by atoms with Gasteiger partial charge in [0.15, 0.2) is 0 Å². The van der Waals surface area contributed by atoms with Gasteiger partial charge in [-0.3, -0.25) is 4.99 Å². The molecule has 5 aliphatic rings. The van der Waals surface area contributed by atoms with Gasteiger partial charge in [-0.15, -0.1) is 0 Å². The maximum absolute atomic E-state index is 9.49. The third-order valence-corrected chi connectivity index (χ3v) is 12.4. The van der Waals surface area contributed by atoms with E-state index in [2.05, 4.69) is 181 Å². The number of hydrogen-bond donors (Lipinski definition) is 1. The lowest BCUT2D eigenvalue weighted by Crippen LogP contribution is -2.42. The van der Waals surface area contributed by atoms with Crippen LogP contribution in [0, 0.1) is 11.3 Å². The zero-order valence-electron chi connectivity index (χ0n) is 31.9. The highest BCUT2D eigenvalue weighted by Gasteiger charge is 2.53. The quantitative estimate of drug-likeness (QED) is 0.191. The molecule has 2 heterocycles. The topological polar surface area (TPSA) is 57.4 Å². The smallest absolute Gasteiger partial charge is 0.145 e. The molecular formula is C54H39N3O. The molecule has 1 spiro atoms. The molecule has 0 saturated heterocycles. The summed E-state index contributed by atoms with van der Waals surface area (Å²) in [7, 11) is 0. The van der Waals surface area contributed by atoms with Crippen molar-refractivity contribution in [3.8, 4) is 45.2 Å². The van der Waals surface area contributed by atoms with Crippen molar-refractivity contribution in [2.45, 2.75) is 36.9 Å². The summed E-state index contributed by atoms with van der Waals surface area (Å²) in [5.74, 6) is 0.921. The maximum Gasteiger partial charge on any atom is 0.145 e. The van der Waals surface area contributed by atoms with E-state index in [1.165, 1.54) is 33.4 Å². The molecule has 3 aliphatic carbocycles. The molecular weight excluding hydrogens is 707 g/mol. The first-order valence-corrected chi connectivity index (χ1v) is 20.2. The lowest BCUT2D eigenvalue weighted by molar-refractivity contribution is 0.205. The van der Waals surface area contributed by atoms with Gasteiger partial charge in [-0.05, 0) is 116 Å². The van der Waals surface area contributed by atoms with Crippen molar-refractivity contribution in [3.05, 3.63) is 227 Å². The van der Waals surface area contributed by atoms with Crippen LogP contribution >= 0.6 is 0 Å². The first-order valence-electron chi connectivity index (χ1n) is 20.2. The van der Waals surface area contributed by atoms with E-state index in [-0.39, 0.29) is 12.3 Å². The molecule has 6 aromatic rings. The van der Waals surface area contributed by atoms with Gasteiger partial charge in [0.25, 0.3) is 0 Å². The second kappa shape index (κ2) is 13.8. The number of hydrogen-bond acceptors (Lipinski definition) is 4. The summed E-state index contributed by atoms with van der Waals surface area (Å²) in [5, 5.41) is 13.2. The largest absolute Gasteiger partial charge is 0.485 e. The summed E-state index contributed by atoms with van der Waals surface area (Å²) in [6.07, 6.45) is 18.0. The Labute approximate surface area is 339 Å². The molecule has 0 amide bonds. The molecule has 0 radical (unpaired) electrons. The highest BCUT2D eigenvalue weighted by atomic mass is 16.5. The summed E-state index contributed by atoms with van der Waals surface area (Å²) in [4.78, 5) is 5.26. The number of benzene rings is 6. The van der Waals surface area contributed by atoms with Crippen molar-refractivity contribution in [3.63, 3.8) is 0 Å². The molecule has 2 aliphatic heterocycles. The Morgan fingerprint density at radius 2 is 1.36 bits per heavy atom. The number of nitriles is 1. The zero-order chi connectivity index (χ0) is 38.6. The summed E-state index contributed by atoms with van der Waals surface area (Å²) in [6.45, 7) is 0. The van der Waals surface area contributed by atoms with Crippen LogP contribution in [0.1, 0.15) is 58.8 Å². The average Bonchev–Trinajstić information content (AvgIpc) is 3.59. The normalized spacial score (nSPS) is 20.8. The molecule has 3 atom stereocenters. The van der Waals surface area contributed by atoms with Gasteiger partial charge in [0.2, 0.25) is 0 Å². The Balaban J connectivity index is 1.02. The fourth-order valence-corrected chi connectivity index (χ4v) is 9.62. The summed E-state index contributed by atoms with van der Waals surface area (Å²) < 4.78 is 6.90. The van der Waals surface area contributed by atoms with Gasteiger partial charge in [-0.2, -0.15) is 5.26 Å². The standard InChI is InChI=1S/C54H39N3O/c55-34-35-19-21-36(22-20-35)41-27-29-44-43-15-7-8-16-45(43)54(47(44)31-41)46-17-9-10-18-51(46)58-52-30-28-42(32-48(52)54)37-23-25-40(26-24-37)53-56-49(38-11-3-1-4-12-38)33-50(57-53)39-13-5-2-6-14-39/h1-5,7-13,15-17,19-33,51,53,56H,6,14,18H2. The molecule has 276 valence electrons. The maximum atomic E-state index is 9.49. The molecule has 0 bridgehead atoms. The van der Waals surface area contributed by atoms with Crippen molar-refractivity contribution in [1.29, 1.82) is 5.26 Å². The van der Waals surface area contributed by atoms with Gasteiger partial charge in [-0.25, -0.2) is 0 Å². The Morgan fingerprint density at radius 1 is 0.655 bits per heavy atom. The van der Waals surface area contributed by atoms with Crippen LogP contribution in [0.2, 0.25) is 0 Å². The van der Waals surface area contributed by atoms with Crippen LogP contribution in [-0.4, -0.2) is 11.8 Å². The highest BCUT2D eigenvalue weighted by Crippen LogP contribution is 2.62. The molecule has 0 fully saturated rings. The lowest BCUT2D eigenvalue weighted by atomic mass is 9.62. The third-order valence-electron chi connectivity index (χ3n) is 12.4. The molecule has 4 nitrogen and oxygen atoms in total. The minimum atomic E-state index is -0.548. The first kappa shape index (κ1) is 34.1. The number of rotatable bonds is 5. The molecule has 0 aromatic heterocycles. The Morgan fingerprint density at radius 3 is 2.16 bits per heavy atom. The molecule has 58 heavy (non-hydrogen) atoms. The van der Waals surface area contributed by atoms with Crippen molar-refractivity contribution in [1.82, 2.24) is 5.32 Å². The first-order chi connectivity index (χ1) is 28.7. The summed E-state index contributed by atoms with van der Waals surface area (Å²) >= 11 is 0.